The van der Waals surface area contributed by atoms with E-state index in [1.807, 2.05) is 17.7 Å². The molecule has 23 heavy (non-hydrogen) atoms. The van der Waals surface area contributed by atoms with E-state index in [0.29, 0.717) is 16.1 Å². The van der Waals surface area contributed by atoms with Crippen molar-refractivity contribution in [2.24, 2.45) is 7.05 Å². The lowest BCUT2D eigenvalue weighted by Gasteiger charge is -2.12. The van der Waals surface area contributed by atoms with E-state index in [9.17, 15) is 10.1 Å². The van der Waals surface area contributed by atoms with E-state index in [-0.39, 0.29) is 5.91 Å². The van der Waals surface area contributed by atoms with Crippen LogP contribution in [-0.4, -0.2) is 15.5 Å². The van der Waals surface area contributed by atoms with Crippen molar-refractivity contribution in [3.05, 3.63) is 64.9 Å². The Balaban J connectivity index is 1.85. The van der Waals surface area contributed by atoms with Gasteiger partial charge in [-0.3, -0.25) is 4.79 Å². The molecule has 1 atom stereocenters. The molecule has 0 saturated heterocycles. The molecule has 0 fully saturated rings. The van der Waals surface area contributed by atoms with Crippen molar-refractivity contribution in [2.75, 3.05) is 0 Å². The Morgan fingerprint density at radius 2 is 2.17 bits per heavy atom. The number of nitrogens with zero attached hydrogens (tertiary/aromatic N) is 3. The first-order valence-electron chi connectivity index (χ1n) is 6.95. The molecule has 1 heterocycles. The van der Waals surface area contributed by atoms with Crippen LogP contribution in [0.5, 0.6) is 0 Å². The predicted octanol–water partition coefficient (Wildman–Crippen LogP) is 3.22. The lowest BCUT2D eigenvalue weighted by Crippen LogP contribution is -2.27. The van der Waals surface area contributed by atoms with Crippen LogP contribution >= 0.6 is 11.6 Å². The zero-order valence-corrected chi connectivity index (χ0v) is 13.1. The monoisotopic (exact) mass is 324 g/mol. The zero-order valence-electron chi connectivity index (χ0n) is 12.3. The SMILES string of the molecule is Cn1cnc2cc(C(=O)N[C@H](C#N)c3cccc(Cl)c3)ccc21. The Morgan fingerprint density at radius 1 is 1.35 bits per heavy atom. The maximum absolute atomic E-state index is 12.4. The highest BCUT2D eigenvalue weighted by atomic mass is 35.5. The summed E-state index contributed by atoms with van der Waals surface area (Å²) in [4.78, 5) is 16.6. The second-order valence-corrected chi connectivity index (χ2v) is 5.59. The lowest BCUT2D eigenvalue weighted by molar-refractivity contribution is 0.0945. The number of hydrogen-bond donors (Lipinski definition) is 1. The first kappa shape index (κ1) is 15.1. The highest BCUT2D eigenvalue weighted by Crippen LogP contribution is 2.19. The van der Waals surface area contributed by atoms with Crippen molar-refractivity contribution in [3.63, 3.8) is 0 Å². The van der Waals surface area contributed by atoms with Gasteiger partial charge in [-0.1, -0.05) is 23.7 Å². The van der Waals surface area contributed by atoms with Gasteiger partial charge in [0.2, 0.25) is 0 Å². The Hall–Kier alpha value is -2.84. The Bertz CT molecular complexity index is 926. The van der Waals surface area contributed by atoms with E-state index >= 15 is 0 Å². The van der Waals surface area contributed by atoms with Gasteiger partial charge in [-0.25, -0.2) is 4.98 Å². The van der Waals surface area contributed by atoms with Gasteiger partial charge in [0.1, 0.15) is 6.04 Å². The van der Waals surface area contributed by atoms with Gasteiger partial charge in [0.25, 0.3) is 5.91 Å². The topological polar surface area (TPSA) is 70.7 Å². The summed E-state index contributed by atoms with van der Waals surface area (Å²) >= 11 is 5.93. The highest BCUT2D eigenvalue weighted by Gasteiger charge is 2.16. The minimum atomic E-state index is -0.763. The van der Waals surface area contributed by atoms with Crippen LogP contribution in [0.3, 0.4) is 0 Å². The molecular weight excluding hydrogens is 312 g/mol. The number of carbonyl (C=O) groups excluding carboxylic acids is 1. The third kappa shape index (κ3) is 3.03. The molecule has 3 aromatic rings. The molecule has 1 N–H and O–H groups in total. The molecule has 1 amide bonds. The molecule has 0 saturated carbocycles. The van der Waals surface area contributed by atoms with Gasteiger partial charge in [-0.2, -0.15) is 5.26 Å². The van der Waals surface area contributed by atoms with E-state index in [4.69, 9.17) is 11.6 Å². The predicted molar refractivity (Wildman–Crippen MR) is 88.0 cm³/mol. The van der Waals surface area contributed by atoms with E-state index in [0.717, 1.165) is 11.0 Å². The van der Waals surface area contributed by atoms with Gasteiger partial charge in [0, 0.05) is 17.6 Å². The summed E-state index contributed by atoms with van der Waals surface area (Å²) in [6.45, 7) is 0. The fraction of sp³-hybridized carbons (Fsp3) is 0.118. The molecule has 0 radical (unpaired) electrons. The summed E-state index contributed by atoms with van der Waals surface area (Å²) in [5, 5.41) is 12.5. The molecule has 2 aromatic carbocycles. The maximum Gasteiger partial charge on any atom is 0.252 e. The third-order valence-electron chi connectivity index (χ3n) is 3.57. The van der Waals surface area contributed by atoms with Gasteiger partial charge in [0.05, 0.1) is 23.4 Å². The number of hydrogen-bond acceptors (Lipinski definition) is 3. The van der Waals surface area contributed by atoms with Gasteiger partial charge in [-0.05, 0) is 35.9 Å². The van der Waals surface area contributed by atoms with E-state index in [2.05, 4.69) is 16.4 Å². The first-order valence-corrected chi connectivity index (χ1v) is 7.33. The van der Waals surface area contributed by atoms with Gasteiger partial charge in [0.15, 0.2) is 0 Å². The number of aromatic nitrogens is 2. The second kappa shape index (κ2) is 6.11. The number of carbonyl (C=O) groups is 1. The molecule has 0 spiro atoms. The molecule has 0 aliphatic rings. The number of nitrogens with one attached hydrogen (secondary N) is 1. The number of imidazole rings is 1. The van der Waals surface area contributed by atoms with E-state index in [1.54, 1.807) is 42.7 Å². The fourth-order valence-electron chi connectivity index (χ4n) is 2.37. The average molecular weight is 325 g/mol. The number of amides is 1. The molecule has 0 aliphatic carbocycles. The molecule has 0 bridgehead atoms. The first-order chi connectivity index (χ1) is 11.1. The van der Waals surface area contributed by atoms with Crippen LogP contribution in [0.2, 0.25) is 5.02 Å². The minimum Gasteiger partial charge on any atom is -0.334 e. The van der Waals surface area contributed by atoms with Crippen molar-refractivity contribution in [2.45, 2.75) is 6.04 Å². The van der Waals surface area contributed by atoms with Crippen molar-refractivity contribution < 1.29 is 4.79 Å². The van der Waals surface area contributed by atoms with Crippen LogP contribution in [0.25, 0.3) is 11.0 Å². The molecule has 6 heteroatoms. The smallest absolute Gasteiger partial charge is 0.252 e. The second-order valence-electron chi connectivity index (χ2n) is 5.15. The molecule has 1 aromatic heterocycles. The van der Waals surface area contributed by atoms with Crippen molar-refractivity contribution in [1.82, 2.24) is 14.9 Å². The van der Waals surface area contributed by atoms with Crippen LogP contribution in [-0.2, 0) is 7.05 Å². The Kier molecular flexibility index (Phi) is 4.00. The normalized spacial score (nSPS) is 11.9. The van der Waals surface area contributed by atoms with Crippen LogP contribution in [0, 0.1) is 11.3 Å². The number of halogens is 1. The molecule has 0 unspecified atom stereocenters. The quantitative estimate of drug-likeness (QED) is 0.804. The summed E-state index contributed by atoms with van der Waals surface area (Å²) in [5.41, 5.74) is 2.77. The molecular formula is C17H13ClN4O. The maximum atomic E-state index is 12.4. The molecule has 114 valence electrons. The summed E-state index contributed by atoms with van der Waals surface area (Å²) in [7, 11) is 1.89. The van der Waals surface area contributed by atoms with Crippen molar-refractivity contribution in [3.8, 4) is 6.07 Å². The molecule has 5 nitrogen and oxygen atoms in total. The third-order valence-corrected chi connectivity index (χ3v) is 3.81. The van der Waals surface area contributed by atoms with Crippen LogP contribution in [0.4, 0.5) is 0 Å². The zero-order chi connectivity index (χ0) is 16.4. The number of nitriles is 1. The van der Waals surface area contributed by atoms with Crippen molar-refractivity contribution >= 4 is 28.5 Å². The Labute approximate surface area is 138 Å². The van der Waals surface area contributed by atoms with E-state index in [1.165, 1.54) is 0 Å². The Morgan fingerprint density at radius 3 is 2.91 bits per heavy atom. The molecule has 0 aliphatic heterocycles. The number of fused-ring (bicyclic) bond motifs is 1. The van der Waals surface area contributed by atoms with Gasteiger partial charge >= 0.3 is 0 Å². The standard InChI is InChI=1S/C17H13ClN4O/c1-22-10-20-14-8-12(5-6-16(14)22)17(23)21-15(9-19)11-3-2-4-13(18)7-11/h2-8,10,15H,1H3,(H,21,23)/t15-/m1/s1. The summed E-state index contributed by atoms with van der Waals surface area (Å²) in [6, 6.07) is 13.4. The summed E-state index contributed by atoms with van der Waals surface area (Å²) < 4.78 is 1.88. The van der Waals surface area contributed by atoms with Crippen LogP contribution in [0.1, 0.15) is 22.0 Å². The minimum absolute atomic E-state index is 0.330. The molecule has 3 rings (SSSR count). The lowest BCUT2D eigenvalue weighted by atomic mass is 10.1. The fourth-order valence-corrected chi connectivity index (χ4v) is 2.57. The van der Waals surface area contributed by atoms with Crippen molar-refractivity contribution in [1.29, 1.82) is 5.26 Å². The van der Waals surface area contributed by atoms with Crippen LogP contribution < -0.4 is 5.32 Å². The summed E-state index contributed by atoms with van der Waals surface area (Å²) in [6.07, 6.45) is 1.69. The number of benzene rings is 2. The highest BCUT2D eigenvalue weighted by molar-refractivity contribution is 6.30. The van der Waals surface area contributed by atoms with Gasteiger partial charge in [-0.15, -0.1) is 0 Å². The average Bonchev–Trinajstić information content (AvgIpc) is 2.93. The van der Waals surface area contributed by atoms with Crippen LogP contribution in [0.15, 0.2) is 48.8 Å². The number of rotatable bonds is 3. The van der Waals surface area contributed by atoms with E-state index < -0.39 is 6.04 Å². The summed E-state index contributed by atoms with van der Waals surface area (Å²) in [5.74, 6) is -0.330. The largest absolute Gasteiger partial charge is 0.334 e. The van der Waals surface area contributed by atoms with Gasteiger partial charge < -0.3 is 9.88 Å². The number of aryl methyl sites for hydroxylation is 1.